The minimum Gasteiger partial charge on any atom is -0.353 e. The van der Waals surface area contributed by atoms with E-state index in [1.165, 1.54) is 6.42 Å². The van der Waals surface area contributed by atoms with Gasteiger partial charge in [0, 0.05) is 25.0 Å². The lowest BCUT2D eigenvalue weighted by molar-refractivity contribution is -0.135. The minimum atomic E-state index is 0. The van der Waals surface area contributed by atoms with Crippen LogP contribution in [-0.4, -0.2) is 48.4 Å². The van der Waals surface area contributed by atoms with E-state index in [-0.39, 0.29) is 42.2 Å². The number of halogens is 1. The van der Waals surface area contributed by atoms with Crippen LogP contribution in [0.4, 0.5) is 0 Å². The van der Waals surface area contributed by atoms with Crippen LogP contribution in [0.15, 0.2) is 0 Å². The van der Waals surface area contributed by atoms with Crippen LogP contribution in [0.3, 0.4) is 0 Å². The number of likely N-dealkylation sites (tertiary alicyclic amines) is 1. The molecule has 0 radical (unpaired) electrons. The summed E-state index contributed by atoms with van der Waals surface area (Å²) in [5, 5.41) is 6.38. The number of carbonyl (C=O) groups excluding carboxylic acids is 2. The third kappa shape index (κ3) is 5.15. The second kappa shape index (κ2) is 8.59. The Morgan fingerprint density at radius 3 is 2.33 bits per heavy atom. The molecule has 5 nitrogen and oxygen atoms in total. The van der Waals surface area contributed by atoms with Gasteiger partial charge in [0.05, 0.1) is 6.04 Å². The van der Waals surface area contributed by atoms with Gasteiger partial charge in [-0.25, -0.2) is 0 Å². The molecular formula is C15H28ClN3O2. The minimum absolute atomic E-state index is 0. The molecule has 2 aliphatic rings. The van der Waals surface area contributed by atoms with Gasteiger partial charge in [0.1, 0.15) is 0 Å². The van der Waals surface area contributed by atoms with E-state index in [0.717, 1.165) is 45.3 Å². The van der Waals surface area contributed by atoms with E-state index >= 15 is 0 Å². The van der Waals surface area contributed by atoms with Crippen molar-refractivity contribution in [3.63, 3.8) is 0 Å². The van der Waals surface area contributed by atoms with Gasteiger partial charge in [-0.2, -0.15) is 0 Å². The van der Waals surface area contributed by atoms with Crippen LogP contribution in [0.5, 0.6) is 0 Å². The summed E-state index contributed by atoms with van der Waals surface area (Å²) in [4.78, 5) is 26.0. The van der Waals surface area contributed by atoms with Crippen LogP contribution in [0.2, 0.25) is 0 Å². The first-order valence-electron chi connectivity index (χ1n) is 7.90. The van der Waals surface area contributed by atoms with Gasteiger partial charge in [0.25, 0.3) is 0 Å². The highest BCUT2D eigenvalue weighted by Crippen LogP contribution is 2.15. The molecule has 2 rings (SSSR count). The molecule has 0 aromatic carbocycles. The molecule has 2 heterocycles. The van der Waals surface area contributed by atoms with Crippen molar-refractivity contribution in [2.45, 2.75) is 58.0 Å². The molecule has 0 aromatic rings. The Morgan fingerprint density at radius 1 is 1.14 bits per heavy atom. The molecule has 21 heavy (non-hydrogen) atoms. The fraction of sp³-hybridized carbons (Fsp3) is 0.867. The summed E-state index contributed by atoms with van der Waals surface area (Å²) < 4.78 is 0. The highest BCUT2D eigenvalue weighted by molar-refractivity contribution is 5.85. The highest BCUT2D eigenvalue weighted by Gasteiger charge is 2.29. The third-order valence-electron chi connectivity index (χ3n) is 4.29. The maximum Gasteiger partial charge on any atom is 0.239 e. The molecule has 0 aromatic heterocycles. The van der Waals surface area contributed by atoms with Crippen molar-refractivity contribution in [1.29, 1.82) is 0 Å². The quantitative estimate of drug-likeness (QED) is 0.825. The van der Waals surface area contributed by atoms with Gasteiger partial charge in [0.15, 0.2) is 0 Å². The number of amides is 2. The van der Waals surface area contributed by atoms with Crippen LogP contribution in [0.25, 0.3) is 0 Å². The summed E-state index contributed by atoms with van der Waals surface area (Å²) >= 11 is 0. The zero-order chi connectivity index (χ0) is 14.5. The molecule has 2 fully saturated rings. The van der Waals surface area contributed by atoms with Gasteiger partial charge < -0.3 is 15.5 Å². The molecule has 0 saturated carbocycles. The van der Waals surface area contributed by atoms with Crippen LogP contribution >= 0.6 is 12.4 Å². The Hall–Kier alpha value is -0.810. The molecule has 1 atom stereocenters. The number of nitrogens with one attached hydrogen (secondary N) is 2. The second-order valence-corrected chi connectivity index (χ2v) is 6.27. The van der Waals surface area contributed by atoms with Crippen molar-refractivity contribution in [1.82, 2.24) is 15.5 Å². The summed E-state index contributed by atoms with van der Waals surface area (Å²) in [7, 11) is 0. The van der Waals surface area contributed by atoms with Gasteiger partial charge in [-0.1, -0.05) is 20.3 Å². The normalized spacial score (nSPS) is 23.6. The fourth-order valence-electron chi connectivity index (χ4n) is 2.90. The number of carbonyl (C=O) groups is 2. The zero-order valence-electron chi connectivity index (χ0n) is 13.1. The molecule has 0 bridgehead atoms. The smallest absolute Gasteiger partial charge is 0.239 e. The molecule has 2 N–H and O–H groups in total. The molecular weight excluding hydrogens is 290 g/mol. The Labute approximate surface area is 133 Å². The number of hydrogen-bond acceptors (Lipinski definition) is 3. The summed E-state index contributed by atoms with van der Waals surface area (Å²) in [6.45, 7) is 6.29. The number of rotatable bonds is 3. The summed E-state index contributed by atoms with van der Waals surface area (Å²) in [5.74, 6) is 0.392. The van der Waals surface area contributed by atoms with Crippen LogP contribution in [-0.2, 0) is 9.59 Å². The standard InChI is InChI=1S/C15H27N3O2.ClH/c1-11(2)14(19)17-12-6-9-18(10-7-12)15(20)13-5-3-4-8-16-13;/h11-13,16H,3-10H2,1-2H3,(H,17,19);1H/t13-;/m0./s1. The molecule has 6 heteroatoms. The average molecular weight is 318 g/mol. The third-order valence-corrected chi connectivity index (χ3v) is 4.29. The topological polar surface area (TPSA) is 61.4 Å². The zero-order valence-corrected chi connectivity index (χ0v) is 13.9. The molecule has 0 aliphatic carbocycles. The van der Waals surface area contributed by atoms with Gasteiger partial charge in [-0.15, -0.1) is 12.4 Å². The predicted molar refractivity (Wildman–Crippen MR) is 85.5 cm³/mol. The van der Waals surface area contributed by atoms with Crippen molar-refractivity contribution in [2.24, 2.45) is 5.92 Å². The number of nitrogens with zero attached hydrogens (tertiary/aromatic N) is 1. The Balaban J connectivity index is 0.00000220. The van der Waals surface area contributed by atoms with Crippen LogP contribution in [0, 0.1) is 5.92 Å². The van der Waals surface area contributed by atoms with Crippen LogP contribution < -0.4 is 10.6 Å². The van der Waals surface area contributed by atoms with Crippen molar-refractivity contribution in [3.05, 3.63) is 0 Å². The molecule has 0 spiro atoms. The van der Waals surface area contributed by atoms with Crippen molar-refractivity contribution < 1.29 is 9.59 Å². The van der Waals surface area contributed by atoms with Crippen molar-refractivity contribution in [2.75, 3.05) is 19.6 Å². The van der Waals surface area contributed by atoms with Gasteiger partial charge in [0.2, 0.25) is 11.8 Å². The first-order valence-corrected chi connectivity index (χ1v) is 7.90. The largest absolute Gasteiger partial charge is 0.353 e. The first-order chi connectivity index (χ1) is 9.58. The van der Waals surface area contributed by atoms with Gasteiger partial charge in [-0.3, -0.25) is 9.59 Å². The summed E-state index contributed by atoms with van der Waals surface area (Å²) in [6, 6.07) is 0.249. The maximum absolute atomic E-state index is 12.4. The Kier molecular flexibility index (Phi) is 7.46. The number of hydrogen-bond donors (Lipinski definition) is 2. The van der Waals surface area contributed by atoms with Gasteiger partial charge in [-0.05, 0) is 32.2 Å². The van der Waals surface area contributed by atoms with E-state index in [1.54, 1.807) is 0 Å². The molecule has 2 saturated heterocycles. The molecule has 122 valence electrons. The molecule has 2 aliphatic heterocycles. The lowest BCUT2D eigenvalue weighted by Crippen LogP contribution is -2.53. The Morgan fingerprint density at radius 2 is 1.81 bits per heavy atom. The van der Waals surface area contributed by atoms with E-state index in [9.17, 15) is 9.59 Å². The van der Waals surface area contributed by atoms with E-state index in [0.29, 0.717) is 0 Å². The average Bonchev–Trinajstić information content (AvgIpc) is 2.48. The summed E-state index contributed by atoms with van der Waals surface area (Å²) in [5.41, 5.74) is 0. The maximum atomic E-state index is 12.4. The molecule has 2 amide bonds. The van der Waals surface area contributed by atoms with Crippen molar-refractivity contribution in [3.8, 4) is 0 Å². The second-order valence-electron chi connectivity index (χ2n) is 6.27. The monoisotopic (exact) mass is 317 g/mol. The van der Waals surface area contributed by atoms with E-state index in [4.69, 9.17) is 0 Å². The first kappa shape index (κ1) is 18.2. The van der Waals surface area contributed by atoms with Crippen molar-refractivity contribution >= 4 is 24.2 Å². The fourth-order valence-corrected chi connectivity index (χ4v) is 2.90. The lowest BCUT2D eigenvalue weighted by atomic mass is 10.00. The Bertz CT molecular complexity index is 349. The van der Waals surface area contributed by atoms with E-state index < -0.39 is 0 Å². The van der Waals surface area contributed by atoms with Gasteiger partial charge >= 0.3 is 0 Å². The predicted octanol–water partition coefficient (Wildman–Crippen LogP) is 1.31. The lowest BCUT2D eigenvalue weighted by Gasteiger charge is -2.35. The van der Waals surface area contributed by atoms with E-state index in [2.05, 4.69) is 10.6 Å². The number of piperidine rings is 2. The van der Waals surface area contributed by atoms with Crippen LogP contribution in [0.1, 0.15) is 46.0 Å². The van der Waals surface area contributed by atoms with E-state index in [1.807, 2.05) is 18.7 Å². The highest BCUT2D eigenvalue weighted by atomic mass is 35.5. The summed E-state index contributed by atoms with van der Waals surface area (Å²) in [6.07, 6.45) is 5.02. The molecule has 0 unspecified atom stereocenters. The SMILES string of the molecule is CC(C)C(=O)NC1CCN(C(=O)[C@@H]2CCCCN2)CC1.Cl.